The molecule has 306 valence electrons. The fourth-order valence-electron chi connectivity index (χ4n) is 7.48. The van der Waals surface area contributed by atoms with Crippen LogP contribution in [0.15, 0.2) is 78.9 Å². The van der Waals surface area contributed by atoms with Crippen molar-refractivity contribution in [1.29, 1.82) is 0 Å². The maximum Gasteiger partial charge on any atom is 0.236 e. The van der Waals surface area contributed by atoms with Crippen molar-refractivity contribution in [3.8, 4) is 11.5 Å². The molecule has 0 aliphatic carbocycles. The molecule has 0 aromatic heterocycles. The molecule has 56 heavy (non-hydrogen) atoms. The third-order valence-electron chi connectivity index (χ3n) is 10.7. The van der Waals surface area contributed by atoms with Crippen LogP contribution in [0.5, 0.6) is 11.5 Å². The lowest BCUT2D eigenvalue weighted by Gasteiger charge is -2.38. The Kier molecular flexibility index (Phi) is 18.8. The summed E-state index contributed by atoms with van der Waals surface area (Å²) in [4.78, 5) is 39.9. The molecule has 0 spiro atoms. The van der Waals surface area contributed by atoms with Gasteiger partial charge in [-0.15, -0.1) is 0 Å². The van der Waals surface area contributed by atoms with E-state index in [1.54, 1.807) is 19.1 Å². The number of hydrogen-bond donors (Lipinski definition) is 4. The number of unbranched alkanes of at least 4 members (excludes halogenated alkanes) is 6. The highest BCUT2D eigenvalue weighted by molar-refractivity contribution is 5.81. The normalized spacial score (nSPS) is 16.1. The number of amides is 2. The fraction of sp³-hybridized carbons (Fsp3) is 0.533. The molecule has 0 bridgehead atoms. The third kappa shape index (κ3) is 13.1. The Morgan fingerprint density at radius 3 is 1.89 bits per heavy atom. The first-order valence-corrected chi connectivity index (χ1v) is 20.4. The Labute approximate surface area is 333 Å². The molecule has 0 saturated carbocycles. The van der Waals surface area contributed by atoms with Crippen molar-refractivity contribution < 1.29 is 33.7 Å². The Hall–Kier alpha value is -4.29. The van der Waals surface area contributed by atoms with Crippen LogP contribution in [0.3, 0.4) is 0 Å². The molecule has 0 unspecified atom stereocenters. The number of aliphatic hydroxyl groups is 1. The number of rotatable bonds is 26. The number of likely N-dealkylation sites (tertiary alicyclic amines) is 1. The van der Waals surface area contributed by atoms with Crippen LogP contribution in [0.25, 0.3) is 0 Å². The minimum atomic E-state index is -1.02. The lowest BCUT2D eigenvalue weighted by Crippen LogP contribution is -2.42. The Morgan fingerprint density at radius 1 is 0.768 bits per heavy atom. The molecule has 3 atom stereocenters. The van der Waals surface area contributed by atoms with Crippen LogP contribution in [-0.4, -0.2) is 86.3 Å². The summed E-state index contributed by atoms with van der Waals surface area (Å²) >= 11 is 0. The Balaban J connectivity index is 1.24. The van der Waals surface area contributed by atoms with Gasteiger partial charge in [0.15, 0.2) is 0 Å². The molecule has 1 fully saturated rings. The number of Topliss-reactive ketones (excluding diaryl/α,β-unsaturated/α-hetero) is 1. The second-order valence-electron chi connectivity index (χ2n) is 14.9. The molecule has 1 saturated heterocycles. The minimum absolute atomic E-state index is 0.00945. The molecule has 1 aliphatic rings. The van der Waals surface area contributed by atoms with E-state index in [0.717, 1.165) is 86.0 Å². The summed E-state index contributed by atoms with van der Waals surface area (Å²) in [5.74, 6) is 1.61. The third-order valence-corrected chi connectivity index (χ3v) is 10.7. The molecule has 4 rings (SSSR count). The van der Waals surface area contributed by atoms with E-state index in [1.165, 1.54) is 0 Å². The number of carbonyl (C=O) groups is 3. The van der Waals surface area contributed by atoms with Crippen LogP contribution in [0, 0.1) is 0 Å². The highest BCUT2D eigenvalue weighted by atomic mass is 16.5. The minimum Gasteiger partial charge on any atom is -0.497 e. The van der Waals surface area contributed by atoms with Gasteiger partial charge < -0.3 is 41.0 Å². The summed E-state index contributed by atoms with van der Waals surface area (Å²) in [5, 5.41) is 13.6. The number of nitrogens with one attached hydrogen (secondary N) is 1. The first-order valence-electron chi connectivity index (χ1n) is 20.4. The second kappa shape index (κ2) is 23.7. The van der Waals surface area contributed by atoms with E-state index in [2.05, 4.69) is 5.32 Å². The van der Waals surface area contributed by atoms with Crippen molar-refractivity contribution in [2.75, 3.05) is 40.5 Å². The number of hydrogen-bond acceptors (Lipinski definition) is 9. The SMILES string of the molecule is COc1ccc(C(OC[C@@H]2C[C@@H](O)CN2C(=O)CCCCCCC(=O)CCCCCNC(=O)[C@@H](N)CCCCN)(c2ccccc2)c2ccc(OC)cc2)cc1. The number of ether oxygens (including phenoxy) is 3. The van der Waals surface area contributed by atoms with Gasteiger partial charge in [-0.1, -0.05) is 80.3 Å². The number of aliphatic hydroxyl groups excluding tert-OH is 1. The predicted octanol–water partition coefficient (Wildman–Crippen LogP) is 6.02. The van der Waals surface area contributed by atoms with Gasteiger partial charge in [-0.25, -0.2) is 0 Å². The van der Waals surface area contributed by atoms with Crippen LogP contribution in [0.2, 0.25) is 0 Å². The van der Waals surface area contributed by atoms with Gasteiger partial charge in [-0.2, -0.15) is 0 Å². The first kappa shape index (κ1) is 44.4. The molecule has 0 radical (unpaired) electrons. The number of nitrogens with zero attached hydrogens (tertiary/aromatic N) is 1. The summed E-state index contributed by atoms with van der Waals surface area (Å²) in [6.07, 6.45) is 9.43. The van der Waals surface area contributed by atoms with Crippen LogP contribution >= 0.6 is 0 Å². The van der Waals surface area contributed by atoms with E-state index in [0.29, 0.717) is 45.2 Å². The summed E-state index contributed by atoms with van der Waals surface area (Å²) in [6, 6.07) is 24.9. The molecule has 6 N–H and O–H groups in total. The lowest BCUT2D eigenvalue weighted by molar-refractivity contribution is -0.134. The van der Waals surface area contributed by atoms with Crippen molar-refractivity contribution in [1.82, 2.24) is 10.2 Å². The molecular weight excluding hydrogens is 709 g/mol. The number of methoxy groups -OCH3 is 2. The van der Waals surface area contributed by atoms with Crippen LogP contribution in [0.4, 0.5) is 0 Å². The van der Waals surface area contributed by atoms with Crippen molar-refractivity contribution >= 4 is 17.6 Å². The van der Waals surface area contributed by atoms with E-state index in [1.807, 2.05) is 78.9 Å². The van der Waals surface area contributed by atoms with Crippen molar-refractivity contribution in [3.63, 3.8) is 0 Å². The molecule has 1 aliphatic heterocycles. The summed E-state index contributed by atoms with van der Waals surface area (Å²) in [6.45, 7) is 1.67. The maximum atomic E-state index is 13.6. The molecule has 3 aromatic carbocycles. The molecule has 2 amide bonds. The largest absolute Gasteiger partial charge is 0.497 e. The van der Waals surface area contributed by atoms with Crippen molar-refractivity contribution in [3.05, 3.63) is 95.6 Å². The molecule has 11 nitrogen and oxygen atoms in total. The zero-order valence-corrected chi connectivity index (χ0v) is 33.5. The van der Waals surface area contributed by atoms with Gasteiger partial charge in [0.1, 0.15) is 22.9 Å². The number of β-amino-alcohol motifs (C(OH)–C–C–N with tert-alkyl or cyclic N) is 1. The number of nitrogens with two attached hydrogens (primary N) is 2. The molecule has 11 heteroatoms. The average molecular weight is 773 g/mol. The monoisotopic (exact) mass is 772 g/mol. The van der Waals surface area contributed by atoms with Crippen LogP contribution in [-0.2, 0) is 24.7 Å². The topological polar surface area (TPSA) is 166 Å². The maximum absolute atomic E-state index is 13.6. The van der Waals surface area contributed by atoms with E-state index in [9.17, 15) is 19.5 Å². The van der Waals surface area contributed by atoms with E-state index in [-0.39, 0.29) is 36.8 Å². The lowest BCUT2D eigenvalue weighted by atomic mass is 9.80. The van der Waals surface area contributed by atoms with E-state index in [4.69, 9.17) is 25.7 Å². The van der Waals surface area contributed by atoms with Gasteiger partial charge in [0.2, 0.25) is 11.8 Å². The van der Waals surface area contributed by atoms with Gasteiger partial charge in [0.05, 0.1) is 39.0 Å². The van der Waals surface area contributed by atoms with Crippen LogP contribution < -0.4 is 26.3 Å². The summed E-state index contributed by atoms with van der Waals surface area (Å²) in [5.41, 5.74) is 13.1. The van der Waals surface area contributed by atoms with E-state index < -0.39 is 17.7 Å². The zero-order valence-electron chi connectivity index (χ0n) is 33.5. The van der Waals surface area contributed by atoms with Gasteiger partial charge in [0.25, 0.3) is 0 Å². The van der Waals surface area contributed by atoms with Crippen molar-refractivity contribution in [2.45, 2.75) is 114 Å². The summed E-state index contributed by atoms with van der Waals surface area (Å²) < 4.78 is 18.0. The van der Waals surface area contributed by atoms with Gasteiger partial charge in [-0.05, 0) is 92.4 Å². The number of carbonyl (C=O) groups excluding carboxylic acids is 3. The highest BCUT2D eigenvalue weighted by Crippen LogP contribution is 2.42. The second-order valence-corrected chi connectivity index (χ2v) is 14.9. The molecule has 1 heterocycles. The van der Waals surface area contributed by atoms with Gasteiger partial charge in [0, 0.05) is 32.4 Å². The summed E-state index contributed by atoms with van der Waals surface area (Å²) in [7, 11) is 3.28. The quantitative estimate of drug-likeness (QED) is 0.0564. The standard InChI is InChI=1S/C45H64N4O7/c1-54-40-25-21-35(22-26-40)45(34-15-7-5-8-16-34,36-23-27-41(55-2)28-24-36)56-33-37-31-39(51)32-49(37)43(52)20-11-4-3-9-17-38(50)18-10-6-14-30-48-44(53)42(47)19-12-13-29-46/h5,7-8,15-16,21-28,37,39,42,51H,3-4,6,9-14,17-20,29-33,46-47H2,1-2H3,(H,48,53)/t37-,39+,42-/m0/s1. The van der Waals surface area contributed by atoms with Gasteiger partial charge >= 0.3 is 0 Å². The highest BCUT2D eigenvalue weighted by Gasteiger charge is 2.41. The zero-order chi connectivity index (χ0) is 40.2. The smallest absolute Gasteiger partial charge is 0.236 e. The fourth-order valence-corrected chi connectivity index (χ4v) is 7.48. The number of benzene rings is 3. The van der Waals surface area contributed by atoms with E-state index >= 15 is 0 Å². The molecular formula is C45H64N4O7. The van der Waals surface area contributed by atoms with Crippen LogP contribution in [0.1, 0.15) is 107 Å². The Morgan fingerprint density at radius 2 is 1.32 bits per heavy atom. The number of ketones is 1. The Bertz CT molecular complexity index is 1560. The first-order chi connectivity index (χ1) is 27.2. The van der Waals surface area contributed by atoms with Crippen molar-refractivity contribution in [2.24, 2.45) is 11.5 Å². The average Bonchev–Trinajstić information content (AvgIpc) is 3.61. The predicted molar refractivity (Wildman–Crippen MR) is 219 cm³/mol. The molecule has 3 aromatic rings. The van der Waals surface area contributed by atoms with Gasteiger partial charge in [-0.3, -0.25) is 14.4 Å².